The molecule has 6 N–H and O–H groups in total. The second-order valence-corrected chi connectivity index (χ2v) is 11.3. The van der Waals surface area contributed by atoms with Crippen LogP contribution in [0.15, 0.2) is 48.7 Å². The maximum Gasteiger partial charge on any atom is 0.421 e. The zero-order valence-corrected chi connectivity index (χ0v) is 22.3. The lowest BCUT2D eigenvalue weighted by Crippen LogP contribution is -2.21. The van der Waals surface area contributed by atoms with Crippen LogP contribution in [-0.2, 0) is 16.9 Å². The van der Waals surface area contributed by atoms with E-state index in [0.717, 1.165) is 18.4 Å². The Morgan fingerprint density at radius 2 is 1.73 bits per heavy atom. The first-order valence-corrected chi connectivity index (χ1v) is 14.3. The van der Waals surface area contributed by atoms with Crippen LogP contribution in [0.25, 0.3) is 0 Å². The Hall–Kier alpha value is -3.51. The minimum absolute atomic E-state index is 0.120. The molecule has 214 valence electrons. The standard InChI is InChI=1S/C26H29F3N5O5P/c1-30-24(36)20-12-17(16-4-9-19(35)10-5-16)6-11-22(20)33-23-21(26(27,28)29)13-31-25(34-23)32-18-7-2-15(3-8-18)14-40(37,38)39/h2-3,6-8,11-13,16,19,35H,4-5,9-10,14H2,1H3,(H,30,36)(H2,37,38,39)(H2,31,32,33,34). The predicted octanol–water partition coefficient (Wildman–Crippen LogP) is 5.04. The summed E-state index contributed by atoms with van der Waals surface area (Å²) in [4.78, 5) is 38.7. The number of hydrogen-bond acceptors (Lipinski definition) is 7. The number of halogens is 3. The van der Waals surface area contributed by atoms with Gasteiger partial charge in [0.05, 0.1) is 23.5 Å². The smallest absolute Gasteiger partial charge is 0.393 e. The number of benzene rings is 2. The summed E-state index contributed by atoms with van der Waals surface area (Å²) in [7, 11) is -2.83. The van der Waals surface area contributed by atoms with Crippen LogP contribution in [0, 0.1) is 0 Å². The van der Waals surface area contributed by atoms with Crippen molar-refractivity contribution in [2.24, 2.45) is 0 Å². The van der Waals surface area contributed by atoms with Gasteiger partial charge < -0.3 is 30.8 Å². The minimum atomic E-state index is -4.79. The summed E-state index contributed by atoms with van der Waals surface area (Å²) in [5.74, 6) is -1.11. The van der Waals surface area contributed by atoms with Crippen LogP contribution in [0.3, 0.4) is 0 Å². The largest absolute Gasteiger partial charge is 0.421 e. The molecule has 14 heteroatoms. The maximum atomic E-state index is 13.8. The average molecular weight is 580 g/mol. The predicted molar refractivity (Wildman–Crippen MR) is 143 cm³/mol. The van der Waals surface area contributed by atoms with Gasteiger partial charge in [-0.15, -0.1) is 0 Å². The van der Waals surface area contributed by atoms with Gasteiger partial charge in [0.25, 0.3) is 5.91 Å². The van der Waals surface area contributed by atoms with Crippen LogP contribution in [0.5, 0.6) is 0 Å². The van der Waals surface area contributed by atoms with E-state index in [1.165, 1.54) is 31.3 Å². The second kappa shape index (κ2) is 11.9. The molecule has 40 heavy (non-hydrogen) atoms. The van der Waals surface area contributed by atoms with E-state index < -0.39 is 37.2 Å². The number of rotatable bonds is 8. The third kappa shape index (κ3) is 7.57. The molecule has 2 aromatic carbocycles. The molecule has 1 aromatic heterocycles. The molecule has 0 spiro atoms. The van der Waals surface area contributed by atoms with Crippen molar-refractivity contribution in [3.8, 4) is 0 Å². The molecule has 0 radical (unpaired) electrons. The van der Waals surface area contributed by atoms with Crippen molar-refractivity contribution in [1.82, 2.24) is 15.3 Å². The van der Waals surface area contributed by atoms with E-state index >= 15 is 0 Å². The van der Waals surface area contributed by atoms with Gasteiger partial charge in [-0.2, -0.15) is 18.2 Å². The van der Waals surface area contributed by atoms with Crippen LogP contribution in [0.1, 0.15) is 58.6 Å². The highest BCUT2D eigenvalue weighted by Gasteiger charge is 2.36. The Morgan fingerprint density at radius 3 is 2.33 bits per heavy atom. The number of anilines is 4. The number of carbonyl (C=O) groups is 1. The van der Waals surface area contributed by atoms with Gasteiger partial charge >= 0.3 is 13.8 Å². The fourth-order valence-electron chi connectivity index (χ4n) is 4.59. The van der Waals surface area contributed by atoms with Crippen molar-refractivity contribution >= 4 is 36.6 Å². The zero-order valence-electron chi connectivity index (χ0n) is 21.4. The number of nitrogens with one attached hydrogen (secondary N) is 3. The Morgan fingerprint density at radius 1 is 1.05 bits per heavy atom. The molecule has 0 atom stereocenters. The first kappa shape index (κ1) is 29.5. The van der Waals surface area contributed by atoms with Crippen molar-refractivity contribution in [3.05, 3.63) is 70.9 Å². The van der Waals surface area contributed by atoms with E-state index in [0.29, 0.717) is 30.3 Å². The number of hydrogen-bond donors (Lipinski definition) is 6. The number of aliphatic hydroxyl groups is 1. The lowest BCUT2D eigenvalue weighted by Gasteiger charge is -2.26. The Kier molecular flexibility index (Phi) is 8.79. The number of nitrogens with zero attached hydrogens (tertiary/aromatic N) is 2. The normalized spacial score (nSPS) is 17.8. The van der Waals surface area contributed by atoms with Crippen molar-refractivity contribution < 1.29 is 37.4 Å². The van der Waals surface area contributed by atoms with E-state index in [4.69, 9.17) is 9.79 Å². The summed E-state index contributed by atoms with van der Waals surface area (Å²) >= 11 is 0. The summed E-state index contributed by atoms with van der Waals surface area (Å²) in [5, 5.41) is 17.8. The van der Waals surface area contributed by atoms with Crippen LogP contribution in [0.4, 0.5) is 36.3 Å². The van der Waals surface area contributed by atoms with Crippen molar-refractivity contribution in [2.75, 3.05) is 17.7 Å². The number of amides is 1. The fourth-order valence-corrected chi connectivity index (χ4v) is 5.28. The Balaban J connectivity index is 1.64. The highest BCUT2D eigenvalue weighted by Crippen LogP contribution is 2.40. The van der Waals surface area contributed by atoms with Crippen molar-refractivity contribution in [2.45, 2.75) is 50.0 Å². The summed E-state index contributed by atoms with van der Waals surface area (Å²) in [6.45, 7) is 0. The minimum Gasteiger partial charge on any atom is -0.393 e. The molecule has 1 saturated carbocycles. The van der Waals surface area contributed by atoms with Gasteiger partial charge in [0.2, 0.25) is 5.95 Å². The van der Waals surface area contributed by atoms with Gasteiger partial charge in [0.1, 0.15) is 11.4 Å². The molecule has 1 heterocycles. The maximum absolute atomic E-state index is 13.8. The topological polar surface area (TPSA) is 157 Å². The first-order chi connectivity index (χ1) is 18.8. The van der Waals surface area contributed by atoms with E-state index in [2.05, 4.69) is 25.9 Å². The van der Waals surface area contributed by atoms with Gasteiger partial charge in [-0.25, -0.2) is 4.98 Å². The van der Waals surface area contributed by atoms with Crippen LogP contribution in [-0.4, -0.2) is 43.9 Å². The molecule has 1 amide bonds. The summed E-state index contributed by atoms with van der Waals surface area (Å²) in [6, 6.07) is 10.9. The van der Waals surface area contributed by atoms with Gasteiger partial charge in [0.15, 0.2) is 0 Å². The lowest BCUT2D eigenvalue weighted by molar-refractivity contribution is -0.137. The van der Waals surface area contributed by atoms with Crippen molar-refractivity contribution in [3.63, 3.8) is 0 Å². The second-order valence-electron chi connectivity index (χ2n) is 9.61. The number of aliphatic hydroxyl groups excluding tert-OH is 1. The van der Waals surface area contributed by atoms with Crippen LogP contribution < -0.4 is 16.0 Å². The Bertz CT molecular complexity index is 1410. The molecule has 0 aliphatic heterocycles. The number of alkyl halides is 3. The summed E-state index contributed by atoms with van der Waals surface area (Å²) < 4.78 is 52.7. The molecule has 0 bridgehead atoms. The van der Waals surface area contributed by atoms with Gasteiger partial charge in [-0.05, 0) is 67.0 Å². The third-order valence-corrected chi connectivity index (χ3v) is 7.41. The SMILES string of the molecule is CNC(=O)c1cc(C2CCC(O)CC2)ccc1Nc1nc(Nc2ccc(CP(=O)(O)O)cc2)ncc1C(F)(F)F. The molecular weight excluding hydrogens is 550 g/mol. The zero-order chi connectivity index (χ0) is 29.1. The molecule has 1 fully saturated rings. The molecule has 0 saturated heterocycles. The van der Waals surface area contributed by atoms with Gasteiger partial charge in [0, 0.05) is 18.9 Å². The number of aromatic nitrogens is 2. The van der Waals surface area contributed by atoms with Gasteiger partial charge in [-0.1, -0.05) is 18.2 Å². The fraction of sp³-hybridized carbons (Fsp3) is 0.346. The van der Waals surface area contributed by atoms with E-state index in [9.17, 15) is 27.6 Å². The molecule has 3 aromatic rings. The number of carbonyl (C=O) groups excluding carboxylic acids is 1. The molecule has 0 unspecified atom stereocenters. The molecule has 4 rings (SSSR count). The highest BCUT2D eigenvalue weighted by atomic mass is 31.2. The van der Waals surface area contributed by atoms with Crippen molar-refractivity contribution in [1.29, 1.82) is 0 Å². The lowest BCUT2D eigenvalue weighted by atomic mass is 9.82. The van der Waals surface area contributed by atoms with Crippen LogP contribution >= 0.6 is 7.60 Å². The molecule has 1 aliphatic rings. The van der Waals surface area contributed by atoms with E-state index in [1.54, 1.807) is 18.2 Å². The highest BCUT2D eigenvalue weighted by molar-refractivity contribution is 7.50. The summed E-state index contributed by atoms with van der Waals surface area (Å²) in [5.41, 5.74) is 0.754. The molecular formula is C26H29F3N5O5P. The first-order valence-electron chi connectivity index (χ1n) is 12.5. The van der Waals surface area contributed by atoms with Gasteiger partial charge in [-0.3, -0.25) is 9.36 Å². The molecule has 1 aliphatic carbocycles. The average Bonchev–Trinajstić information content (AvgIpc) is 2.89. The third-order valence-electron chi connectivity index (χ3n) is 6.63. The quantitative estimate of drug-likeness (QED) is 0.201. The van der Waals surface area contributed by atoms with Crippen LogP contribution in [0.2, 0.25) is 0 Å². The monoisotopic (exact) mass is 579 g/mol. The van der Waals surface area contributed by atoms with E-state index in [-0.39, 0.29) is 29.2 Å². The Labute approximate surface area is 228 Å². The molecule has 10 nitrogen and oxygen atoms in total. The summed E-state index contributed by atoms with van der Waals surface area (Å²) in [6.07, 6.45) is -2.22. The van der Waals surface area contributed by atoms with E-state index in [1.807, 2.05) is 0 Å².